The van der Waals surface area contributed by atoms with Crippen LogP contribution in [0.1, 0.15) is 0 Å². The molecule has 0 radical (unpaired) electrons. The molecule has 1 saturated heterocycles. The SMILES string of the molecule is ClCC1CN(c2ccncc2)CCO1. The Morgan fingerprint density at radius 2 is 2.29 bits per heavy atom. The van der Waals surface area contributed by atoms with E-state index in [4.69, 9.17) is 16.3 Å². The van der Waals surface area contributed by atoms with Gasteiger partial charge in [0.15, 0.2) is 0 Å². The molecule has 0 bridgehead atoms. The summed E-state index contributed by atoms with van der Waals surface area (Å²) in [6, 6.07) is 4.02. The minimum Gasteiger partial charge on any atom is -0.373 e. The summed E-state index contributed by atoms with van der Waals surface area (Å²) < 4.78 is 5.49. The molecule has 76 valence electrons. The molecule has 1 aromatic heterocycles. The molecule has 14 heavy (non-hydrogen) atoms. The van der Waals surface area contributed by atoms with Crippen molar-refractivity contribution in [3.63, 3.8) is 0 Å². The van der Waals surface area contributed by atoms with E-state index >= 15 is 0 Å². The summed E-state index contributed by atoms with van der Waals surface area (Å²) in [5.74, 6) is 0.557. The normalized spacial score (nSPS) is 22.4. The van der Waals surface area contributed by atoms with E-state index in [-0.39, 0.29) is 6.10 Å². The molecule has 4 heteroatoms. The third-order valence-corrected chi connectivity index (χ3v) is 2.68. The second kappa shape index (κ2) is 4.62. The summed E-state index contributed by atoms with van der Waals surface area (Å²) in [6.45, 7) is 2.55. The second-order valence-electron chi connectivity index (χ2n) is 3.30. The van der Waals surface area contributed by atoms with Crippen molar-refractivity contribution in [1.29, 1.82) is 0 Å². The summed E-state index contributed by atoms with van der Waals surface area (Å²) in [5.41, 5.74) is 1.19. The van der Waals surface area contributed by atoms with Crippen LogP contribution < -0.4 is 4.90 Å². The van der Waals surface area contributed by atoms with Crippen LogP contribution in [0.15, 0.2) is 24.5 Å². The lowest BCUT2D eigenvalue weighted by molar-refractivity contribution is 0.0554. The zero-order valence-corrected chi connectivity index (χ0v) is 8.65. The quantitative estimate of drug-likeness (QED) is 0.696. The van der Waals surface area contributed by atoms with Gasteiger partial charge in [-0.05, 0) is 12.1 Å². The van der Waals surface area contributed by atoms with Gasteiger partial charge in [-0.2, -0.15) is 0 Å². The maximum atomic E-state index is 5.77. The Morgan fingerprint density at radius 1 is 1.50 bits per heavy atom. The van der Waals surface area contributed by atoms with Gasteiger partial charge in [0.2, 0.25) is 0 Å². The average Bonchev–Trinajstić information content (AvgIpc) is 2.30. The number of pyridine rings is 1. The maximum absolute atomic E-state index is 5.77. The van der Waals surface area contributed by atoms with E-state index in [0.29, 0.717) is 5.88 Å². The minimum absolute atomic E-state index is 0.151. The highest BCUT2D eigenvalue weighted by molar-refractivity contribution is 6.18. The van der Waals surface area contributed by atoms with E-state index in [1.165, 1.54) is 5.69 Å². The molecule has 0 spiro atoms. The highest BCUT2D eigenvalue weighted by atomic mass is 35.5. The molecule has 1 unspecified atom stereocenters. The first-order valence-corrected chi connectivity index (χ1v) is 5.26. The van der Waals surface area contributed by atoms with Crippen LogP contribution in [0.3, 0.4) is 0 Å². The molecule has 1 fully saturated rings. The fraction of sp³-hybridized carbons (Fsp3) is 0.500. The molecule has 1 aliphatic rings. The summed E-state index contributed by atoms with van der Waals surface area (Å²) in [7, 11) is 0. The monoisotopic (exact) mass is 212 g/mol. The Kier molecular flexibility index (Phi) is 3.22. The fourth-order valence-electron chi connectivity index (χ4n) is 1.60. The molecule has 0 amide bonds. The third kappa shape index (κ3) is 2.16. The lowest BCUT2D eigenvalue weighted by Gasteiger charge is -2.33. The molecular formula is C10H13ClN2O. The maximum Gasteiger partial charge on any atom is 0.0885 e. The van der Waals surface area contributed by atoms with Gasteiger partial charge in [-0.1, -0.05) is 0 Å². The molecule has 0 saturated carbocycles. The van der Waals surface area contributed by atoms with E-state index < -0.39 is 0 Å². The van der Waals surface area contributed by atoms with Gasteiger partial charge in [0.1, 0.15) is 0 Å². The highest BCUT2D eigenvalue weighted by Gasteiger charge is 2.19. The number of morpholine rings is 1. The predicted molar refractivity (Wildman–Crippen MR) is 56.9 cm³/mol. The Balaban J connectivity index is 2.04. The first-order chi connectivity index (χ1) is 6.90. The smallest absolute Gasteiger partial charge is 0.0885 e. The molecular weight excluding hydrogens is 200 g/mol. The van der Waals surface area contributed by atoms with E-state index in [2.05, 4.69) is 9.88 Å². The number of anilines is 1. The topological polar surface area (TPSA) is 25.4 Å². The van der Waals surface area contributed by atoms with Gasteiger partial charge < -0.3 is 9.64 Å². The van der Waals surface area contributed by atoms with Gasteiger partial charge in [0.25, 0.3) is 0 Å². The summed E-state index contributed by atoms with van der Waals surface area (Å²) in [5, 5.41) is 0. The molecule has 3 nitrogen and oxygen atoms in total. The lowest BCUT2D eigenvalue weighted by atomic mass is 10.2. The van der Waals surface area contributed by atoms with Gasteiger partial charge in [-0.25, -0.2) is 0 Å². The van der Waals surface area contributed by atoms with Crippen molar-refractivity contribution < 1.29 is 4.74 Å². The lowest BCUT2D eigenvalue weighted by Crippen LogP contribution is -2.43. The number of halogens is 1. The van der Waals surface area contributed by atoms with Crippen molar-refractivity contribution in [2.45, 2.75) is 6.10 Å². The number of ether oxygens (including phenoxy) is 1. The number of rotatable bonds is 2. The Labute approximate surface area is 88.6 Å². The van der Waals surface area contributed by atoms with Crippen molar-refractivity contribution in [1.82, 2.24) is 4.98 Å². The fourth-order valence-corrected chi connectivity index (χ4v) is 1.79. The molecule has 0 N–H and O–H groups in total. The van der Waals surface area contributed by atoms with Crippen molar-refractivity contribution in [2.24, 2.45) is 0 Å². The van der Waals surface area contributed by atoms with Gasteiger partial charge in [-0.3, -0.25) is 4.98 Å². The highest BCUT2D eigenvalue weighted by Crippen LogP contribution is 2.16. The minimum atomic E-state index is 0.151. The molecule has 0 aromatic carbocycles. The molecule has 1 atom stereocenters. The molecule has 0 aliphatic carbocycles. The van der Waals surface area contributed by atoms with E-state index in [9.17, 15) is 0 Å². The number of hydrogen-bond donors (Lipinski definition) is 0. The van der Waals surface area contributed by atoms with Crippen LogP contribution in [-0.2, 0) is 4.74 Å². The van der Waals surface area contributed by atoms with Gasteiger partial charge in [0.05, 0.1) is 18.6 Å². The second-order valence-corrected chi connectivity index (χ2v) is 3.61. The number of alkyl halides is 1. The predicted octanol–water partition coefficient (Wildman–Crippen LogP) is 1.53. The number of aromatic nitrogens is 1. The van der Waals surface area contributed by atoms with Gasteiger partial charge >= 0.3 is 0 Å². The van der Waals surface area contributed by atoms with Crippen LogP contribution in [0.2, 0.25) is 0 Å². The number of nitrogens with zero attached hydrogens (tertiary/aromatic N) is 2. The molecule has 2 heterocycles. The van der Waals surface area contributed by atoms with Crippen LogP contribution >= 0.6 is 11.6 Å². The molecule has 1 aliphatic heterocycles. The van der Waals surface area contributed by atoms with Gasteiger partial charge in [-0.15, -0.1) is 11.6 Å². The summed E-state index contributed by atoms with van der Waals surface area (Å²) >= 11 is 5.77. The van der Waals surface area contributed by atoms with Gasteiger partial charge in [0, 0.05) is 31.2 Å². The Hall–Kier alpha value is -0.800. The van der Waals surface area contributed by atoms with E-state index in [1.807, 2.05) is 12.1 Å². The van der Waals surface area contributed by atoms with Crippen LogP contribution in [0.25, 0.3) is 0 Å². The van der Waals surface area contributed by atoms with Crippen molar-refractivity contribution in [2.75, 3.05) is 30.5 Å². The molecule has 2 rings (SSSR count). The van der Waals surface area contributed by atoms with E-state index in [0.717, 1.165) is 19.7 Å². The van der Waals surface area contributed by atoms with Crippen molar-refractivity contribution in [3.8, 4) is 0 Å². The third-order valence-electron chi connectivity index (χ3n) is 2.34. The van der Waals surface area contributed by atoms with Crippen molar-refractivity contribution in [3.05, 3.63) is 24.5 Å². The standard InChI is InChI=1S/C10H13ClN2O/c11-7-10-8-13(5-6-14-10)9-1-3-12-4-2-9/h1-4,10H,5-8H2. The number of hydrogen-bond acceptors (Lipinski definition) is 3. The van der Waals surface area contributed by atoms with Crippen LogP contribution in [0, 0.1) is 0 Å². The van der Waals surface area contributed by atoms with Crippen LogP contribution in [0.4, 0.5) is 5.69 Å². The van der Waals surface area contributed by atoms with E-state index in [1.54, 1.807) is 12.4 Å². The average molecular weight is 213 g/mol. The summed E-state index contributed by atoms with van der Waals surface area (Å²) in [6.07, 6.45) is 3.76. The zero-order chi connectivity index (χ0) is 9.80. The largest absolute Gasteiger partial charge is 0.373 e. The first kappa shape index (κ1) is 9.74. The van der Waals surface area contributed by atoms with Crippen LogP contribution in [0.5, 0.6) is 0 Å². The van der Waals surface area contributed by atoms with Crippen molar-refractivity contribution >= 4 is 17.3 Å². The summed E-state index contributed by atoms with van der Waals surface area (Å²) in [4.78, 5) is 6.27. The molecule has 1 aromatic rings. The zero-order valence-electron chi connectivity index (χ0n) is 7.90. The first-order valence-electron chi connectivity index (χ1n) is 4.72. The Morgan fingerprint density at radius 3 is 3.00 bits per heavy atom. The van der Waals surface area contributed by atoms with Crippen LogP contribution in [-0.4, -0.2) is 36.7 Å². The Bertz CT molecular complexity index is 281.